The van der Waals surface area contributed by atoms with E-state index in [0.29, 0.717) is 5.92 Å². The molecule has 0 amide bonds. The van der Waals surface area contributed by atoms with Gasteiger partial charge in [0, 0.05) is 5.75 Å². The maximum atomic E-state index is 11.7. The molecule has 24 heavy (non-hydrogen) atoms. The molecule has 0 aromatic heterocycles. The zero-order valence-electron chi connectivity index (χ0n) is 16.6. The van der Waals surface area contributed by atoms with Crippen LogP contribution in [0.1, 0.15) is 59.8 Å². The van der Waals surface area contributed by atoms with Crippen molar-refractivity contribution >= 4 is 36.3 Å². The highest BCUT2D eigenvalue weighted by Gasteiger charge is 2.38. The lowest BCUT2D eigenvalue weighted by Crippen LogP contribution is -2.43. The van der Waals surface area contributed by atoms with Crippen LogP contribution >= 0.6 is 23.5 Å². The molecule has 1 rings (SSSR count). The van der Waals surface area contributed by atoms with Gasteiger partial charge < -0.3 is 4.43 Å². The average Bonchev–Trinajstić information content (AvgIpc) is 2.50. The predicted molar refractivity (Wildman–Crippen MR) is 114 cm³/mol. The third kappa shape index (κ3) is 7.26. The highest BCUT2D eigenvalue weighted by Crippen LogP contribution is 2.38. The van der Waals surface area contributed by atoms with E-state index < -0.39 is 8.32 Å². The van der Waals surface area contributed by atoms with Gasteiger partial charge in [-0.3, -0.25) is 4.79 Å². The Labute approximate surface area is 159 Å². The highest BCUT2D eigenvalue weighted by molar-refractivity contribution is 8.38. The summed E-state index contributed by atoms with van der Waals surface area (Å²) in [6.45, 7) is 13.6. The molecule has 1 fully saturated rings. The second-order valence-corrected chi connectivity index (χ2v) is 15.1. The Hall–Kier alpha value is 0.287. The van der Waals surface area contributed by atoms with Gasteiger partial charge in [0.25, 0.3) is 0 Å². The maximum Gasteiger partial charge on any atom is 0.246 e. The van der Waals surface area contributed by atoms with E-state index in [9.17, 15) is 4.79 Å². The van der Waals surface area contributed by atoms with Crippen LogP contribution in [0.2, 0.25) is 18.1 Å². The largest absolute Gasteiger partial charge is 0.411 e. The molecule has 1 aliphatic carbocycles. The second-order valence-electron chi connectivity index (χ2n) is 8.40. The van der Waals surface area contributed by atoms with Crippen molar-refractivity contribution in [2.24, 2.45) is 5.92 Å². The summed E-state index contributed by atoms with van der Waals surface area (Å²) < 4.78 is 6.74. The Morgan fingerprint density at radius 3 is 2.33 bits per heavy atom. The first-order valence-electron chi connectivity index (χ1n) is 9.16. The molecule has 0 radical (unpaired) electrons. The SMILES string of the molecule is CSC(=O)SC/C(=C/C(C)O[Si](C)(C)C(C)(C)C)C1CCCCC1. The van der Waals surface area contributed by atoms with Crippen LogP contribution in [-0.2, 0) is 4.43 Å². The van der Waals surface area contributed by atoms with Gasteiger partial charge in [0.15, 0.2) is 8.32 Å². The van der Waals surface area contributed by atoms with Crippen molar-refractivity contribution in [2.45, 2.75) is 84.0 Å². The van der Waals surface area contributed by atoms with Crippen LogP contribution in [0.25, 0.3) is 0 Å². The molecule has 0 aromatic carbocycles. The van der Waals surface area contributed by atoms with Gasteiger partial charge in [-0.25, -0.2) is 0 Å². The van der Waals surface area contributed by atoms with E-state index in [1.165, 1.54) is 61.2 Å². The fraction of sp³-hybridized carbons (Fsp3) is 0.842. The predicted octanol–water partition coefficient (Wildman–Crippen LogP) is 7.12. The number of hydrogen-bond donors (Lipinski definition) is 0. The Kier molecular flexibility index (Phi) is 9.15. The van der Waals surface area contributed by atoms with E-state index in [-0.39, 0.29) is 15.6 Å². The highest BCUT2D eigenvalue weighted by atomic mass is 32.2. The third-order valence-corrected chi connectivity index (χ3v) is 11.9. The zero-order valence-corrected chi connectivity index (χ0v) is 19.2. The van der Waals surface area contributed by atoms with Crippen molar-refractivity contribution in [3.8, 4) is 0 Å². The number of hydrogen-bond acceptors (Lipinski definition) is 4. The molecule has 140 valence electrons. The van der Waals surface area contributed by atoms with E-state index in [1.54, 1.807) is 0 Å². The molecular formula is C19H36O2S2Si. The fourth-order valence-electron chi connectivity index (χ4n) is 2.95. The van der Waals surface area contributed by atoms with Crippen molar-refractivity contribution in [1.29, 1.82) is 0 Å². The van der Waals surface area contributed by atoms with Gasteiger partial charge in [-0.05, 0) is 50.1 Å². The van der Waals surface area contributed by atoms with Crippen molar-refractivity contribution in [3.63, 3.8) is 0 Å². The van der Waals surface area contributed by atoms with Gasteiger partial charge in [0.2, 0.25) is 4.45 Å². The minimum absolute atomic E-state index is 0.132. The summed E-state index contributed by atoms with van der Waals surface area (Å²) >= 11 is 2.77. The number of rotatable bonds is 6. The van der Waals surface area contributed by atoms with Crippen molar-refractivity contribution in [3.05, 3.63) is 11.6 Å². The van der Waals surface area contributed by atoms with Crippen molar-refractivity contribution in [1.82, 2.24) is 0 Å². The Balaban J connectivity index is 2.82. The lowest BCUT2D eigenvalue weighted by molar-refractivity contribution is 0.240. The molecule has 0 bridgehead atoms. The quantitative estimate of drug-likeness (QED) is 0.357. The monoisotopic (exact) mass is 388 g/mol. The average molecular weight is 389 g/mol. The molecule has 1 aliphatic rings. The molecule has 0 aromatic rings. The molecule has 1 saturated carbocycles. The number of carbonyl (C=O) groups is 1. The molecule has 1 atom stereocenters. The molecule has 0 aliphatic heterocycles. The first-order valence-corrected chi connectivity index (χ1v) is 14.3. The Morgan fingerprint density at radius 1 is 1.25 bits per heavy atom. The van der Waals surface area contributed by atoms with Crippen molar-refractivity contribution in [2.75, 3.05) is 12.0 Å². The minimum atomic E-state index is -1.76. The molecule has 0 spiro atoms. The second kappa shape index (κ2) is 9.84. The summed E-state index contributed by atoms with van der Waals surface area (Å²) in [4.78, 5) is 11.7. The van der Waals surface area contributed by atoms with Crippen LogP contribution in [0.3, 0.4) is 0 Å². The smallest absolute Gasteiger partial charge is 0.246 e. The Bertz CT molecular complexity index is 435. The standard InChI is InChI=1S/C19H36O2S2Si/c1-15(21-24(6,7)19(2,3)4)13-17(14-23-18(20)22-5)16-11-9-8-10-12-16/h13,15-16H,8-12,14H2,1-7H3/b17-13-. The van der Waals surface area contributed by atoms with Crippen LogP contribution in [0.15, 0.2) is 11.6 Å². The molecule has 0 N–H and O–H groups in total. The molecular weight excluding hydrogens is 352 g/mol. The lowest BCUT2D eigenvalue weighted by atomic mass is 9.84. The summed E-state index contributed by atoms with van der Waals surface area (Å²) in [6, 6.07) is 0. The van der Waals surface area contributed by atoms with Crippen LogP contribution in [0.4, 0.5) is 4.79 Å². The zero-order chi connectivity index (χ0) is 18.4. The van der Waals surface area contributed by atoms with E-state index in [0.717, 1.165) is 5.75 Å². The summed E-state index contributed by atoms with van der Waals surface area (Å²) in [5.41, 5.74) is 1.44. The van der Waals surface area contributed by atoms with E-state index >= 15 is 0 Å². The van der Waals surface area contributed by atoms with E-state index in [1.807, 2.05) is 6.26 Å². The number of carbonyl (C=O) groups excluding carboxylic acids is 1. The molecule has 2 nitrogen and oxygen atoms in total. The molecule has 5 heteroatoms. The normalized spacial score (nSPS) is 19.4. The molecule has 0 saturated heterocycles. The van der Waals surface area contributed by atoms with Crippen LogP contribution < -0.4 is 0 Å². The van der Waals surface area contributed by atoms with Crippen molar-refractivity contribution < 1.29 is 9.22 Å². The first-order chi connectivity index (χ1) is 11.1. The summed E-state index contributed by atoms with van der Waals surface area (Å²) in [6.07, 6.45) is 10.9. The van der Waals surface area contributed by atoms with Gasteiger partial charge in [0.1, 0.15) is 0 Å². The maximum absolute atomic E-state index is 11.7. The summed E-state index contributed by atoms with van der Waals surface area (Å²) in [5, 5.41) is 0.226. The first kappa shape index (κ1) is 22.3. The topological polar surface area (TPSA) is 26.3 Å². The Morgan fingerprint density at radius 2 is 1.83 bits per heavy atom. The minimum Gasteiger partial charge on any atom is -0.411 e. The number of thioether (sulfide) groups is 2. The third-order valence-electron chi connectivity index (χ3n) is 5.39. The van der Waals surface area contributed by atoms with Gasteiger partial charge in [-0.15, -0.1) is 0 Å². The molecule has 1 unspecified atom stereocenters. The van der Waals surface area contributed by atoms with Crippen LogP contribution in [0.5, 0.6) is 0 Å². The van der Waals surface area contributed by atoms with Crippen LogP contribution in [-0.4, -0.2) is 30.9 Å². The van der Waals surface area contributed by atoms with E-state index in [4.69, 9.17) is 4.43 Å². The molecule has 0 heterocycles. The van der Waals surface area contributed by atoms with E-state index in [2.05, 4.69) is 46.9 Å². The fourth-order valence-corrected chi connectivity index (χ4v) is 5.57. The summed E-state index contributed by atoms with van der Waals surface area (Å²) in [7, 11) is -1.76. The summed E-state index contributed by atoms with van der Waals surface area (Å²) in [5.74, 6) is 1.47. The van der Waals surface area contributed by atoms with Gasteiger partial charge >= 0.3 is 0 Å². The van der Waals surface area contributed by atoms with Crippen LogP contribution in [0, 0.1) is 5.92 Å². The lowest BCUT2D eigenvalue weighted by Gasteiger charge is -2.38. The van der Waals surface area contributed by atoms with Gasteiger partial charge in [-0.2, -0.15) is 0 Å². The van der Waals surface area contributed by atoms with Gasteiger partial charge in [0.05, 0.1) is 6.10 Å². The van der Waals surface area contributed by atoms with Gasteiger partial charge in [-0.1, -0.05) is 75.2 Å².